The van der Waals surface area contributed by atoms with Crippen LogP contribution in [-0.4, -0.2) is 70.0 Å². The predicted molar refractivity (Wildman–Crippen MR) is 397 cm³/mol. The second-order valence-electron chi connectivity index (χ2n) is 27.3. The third-order valence-corrected chi connectivity index (χ3v) is 18.1. The first kappa shape index (κ1) is 88.9. The second kappa shape index (κ2) is 72.2. The quantitative estimate of drug-likeness (QED) is 0.0195. The van der Waals surface area contributed by atoms with Crippen molar-refractivity contribution in [1.82, 2.24) is 0 Å². The minimum Gasteiger partial charge on any atom is -0.756 e. The van der Waals surface area contributed by atoms with E-state index in [0.29, 0.717) is 17.4 Å². The van der Waals surface area contributed by atoms with Gasteiger partial charge in [0.15, 0.2) is 6.10 Å². The molecule has 0 heterocycles. The number of likely N-dealkylation sites (N-methyl/N-ethyl adjacent to an activating group) is 1. The molecule has 0 saturated carbocycles. The Labute approximate surface area is 570 Å². The van der Waals surface area contributed by atoms with E-state index in [0.717, 1.165) is 96.3 Å². The van der Waals surface area contributed by atoms with Crippen LogP contribution in [0.25, 0.3) is 0 Å². The largest absolute Gasteiger partial charge is 0.756 e. The van der Waals surface area contributed by atoms with Crippen LogP contribution in [0.15, 0.2) is 97.2 Å². The fraction of sp³-hybridized carbons (Fsp3) is 0.780. The molecule has 0 N–H and O–H groups in total. The van der Waals surface area contributed by atoms with Crippen LogP contribution >= 0.6 is 7.82 Å². The van der Waals surface area contributed by atoms with E-state index < -0.39 is 26.5 Å². The number of ether oxygens (including phenoxy) is 2. The van der Waals surface area contributed by atoms with Crippen LogP contribution in [0.2, 0.25) is 0 Å². The first-order valence-electron chi connectivity index (χ1n) is 38.9. The van der Waals surface area contributed by atoms with Crippen molar-refractivity contribution in [3.05, 3.63) is 97.2 Å². The molecule has 10 heteroatoms. The molecule has 0 aliphatic heterocycles. The molecule has 0 rings (SSSR count). The number of phosphoric acid groups is 1. The Kier molecular flexibility index (Phi) is 69.8. The number of quaternary nitrogens is 1. The van der Waals surface area contributed by atoms with Gasteiger partial charge in [0.05, 0.1) is 27.7 Å². The molecule has 2 atom stereocenters. The molecule has 0 spiro atoms. The minimum absolute atomic E-state index is 0.0381. The zero-order valence-electron chi connectivity index (χ0n) is 61.0. The van der Waals surface area contributed by atoms with Crippen molar-refractivity contribution in [2.45, 2.75) is 367 Å². The highest BCUT2D eigenvalue weighted by Gasteiger charge is 2.22. The lowest BCUT2D eigenvalue weighted by Gasteiger charge is -2.28. The molecule has 0 fully saturated rings. The lowest BCUT2D eigenvalue weighted by Crippen LogP contribution is -2.37. The van der Waals surface area contributed by atoms with Crippen molar-refractivity contribution in [3.8, 4) is 0 Å². The molecule has 0 aromatic carbocycles. The Balaban J connectivity index is 3.95. The highest BCUT2D eigenvalue weighted by Crippen LogP contribution is 2.38. The van der Waals surface area contributed by atoms with Crippen LogP contribution in [0.1, 0.15) is 361 Å². The molecule has 534 valence electrons. The van der Waals surface area contributed by atoms with E-state index in [2.05, 4.69) is 111 Å². The van der Waals surface area contributed by atoms with Crippen molar-refractivity contribution in [1.29, 1.82) is 0 Å². The van der Waals surface area contributed by atoms with E-state index in [9.17, 15) is 19.0 Å². The van der Waals surface area contributed by atoms with Gasteiger partial charge in [0, 0.05) is 12.8 Å². The highest BCUT2D eigenvalue weighted by molar-refractivity contribution is 7.45. The summed E-state index contributed by atoms with van der Waals surface area (Å²) in [6, 6.07) is 0. The zero-order chi connectivity index (χ0) is 66.9. The molecule has 0 aromatic heterocycles. The van der Waals surface area contributed by atoms with Gasteiger partial charge in [-0.3, -0.25) is 14.2 Å². The number of carbonyl (C=O) groups is 2. The van der Waals surface area contributed by atoms with Gasteiger partial charge in [0.1, 0.15) is 19.8 Å². The molecule has 0 amide bonds. The maximum Gasteiger partial charge on any atom is 0.306 e. The fourth-order valence-electron chi connectivity index (χ4n) is 11.2. The van der Waals surface area contributed by atoms with Crippen LogP contribution in [0.3, 0.4) is 0 Å². The van der Waals surface area contributed by atoms with E-state index >= 15 is 0 Å². The Morgan fingerprint density at radius 2 is 0.620 bits per heavy atom. The summed E-state index contributed by atoms with van der Waals surface area (Å²) in [6.45, 7) is 4.14. The molecule has 0 aliphatic rings. The molecule has 0 aliphatic carbocycles. The normalized spacial score (nSPS) is 13.6. The average molecular weight is 1310 g/mol. The van der Waals surface area contributed by atoms with E-state index in [1.807, 2.05) is 21.1 Å². The van der Waals surface area contributed by atoms with E-state index in [-0.39, 0.29) is 32.0 Å². The molecule has 0 bridgehead atoms. The summed E-state index contributed by atoms with van der Waals surface area (Å²) in [5, 5.41) is 0. The van der Waals surface area contributed by atoms with Gasteiger partial charge in [-0.2, -0.15) is 0 Å². The average Bonchev–Trinajstić information content (AvgIpc) is 2.14. The third kappa shape index (κ3) is 76.0. The second-order valence-corrected chi connectivity index (χ2v) is 28.8. The van der Waals surface area contributed by atoms with Crippen molar-refractivity contribution in [3.63, 3.8) is 0 Å². The van der Waals surface area contributed by atoms with Gasteiger partial charge in [-0.15, -0.1) is 0 Å². The Bertz CT molecular complexity index is 1880. The summed E-state index contributed by atoms with van der Waals surface area (Å²) in [6.07, 6.45) is 101. The van der Waals surface area contributed by atoms with Gasteiger partial charge in [-0.25, -0.2) is 0 Å². The number of allylic oxidation sites excluding steroid dienone is 16. The molecule has 0 aromatic rings. The number of esters is 2. The summed E-state index contributed by atoms with van der Waals surface area (Å²) in [5.41, 5.74) is 0. The molecular formula is C82H148NO8P. The predicted octanol–water partition coefficient (Wildman–Crippen LogP) is 25.2. The summed E-state index contributed by atoms with van der Waals surface area (Å²) in [5.74, 6) is -0.847. The van der Waals surface area contributed by atoms with Crippen molar-refractivity contribution in [2.24, 2.45) is 0 Å². The highest BCUT2D eigenvalue weighted by atomic mass is 31.2. The maximum atomic E-state index is 12.9. The molecule has 0 saturated heterocycles. The van der Waals surface area contributed by atoms with Crippen LogP contribution < -0.4 is 4.89 Å². The van der Waals surface area contributed by atoms with Gasteiger partial charge in [-0.05, 0) is 96.3 Å². The molecular weight excluding hydrogens is 1160 g/mol. The Morgan fingerprint density at radius 3 is 0.935 bits per heavy atom. The fourth-order valence-corrected chi connectivity index (χ4v) is 11.9. The van der Waals surface area contributed by atoms with Crippen LogP contribution in [-0.2, 0) is 32.7 Å². The number of hydrogen-bond acceptors (Lipinski definition) is 8. The molecule has 9 nitrogen and oxygen atoms in total. The van der Waals surface area contributed by atoms with Crippen molar-refractivity contribution in [2.75, 3.05) is 47.5 Å². The first-order chi connectivity index (χ1) is 45.0. The van der Waals surface area contributed by atoms with E-state index in [1.165, 1.54) is 231 Å². The van der Waals surface area contributed by atoms with Gasteiger partial charge in [-0.1, -0.05) is 349 Å². The topological polar surface area (TPSA) is 111 Å². The lowest BCUT2D eigenvalue weighted by atomic mass is 10.0. The van der Waals surface area contributed by atoms with Gasteiger partial charge >= 0.3 is 11.9 Å². The first-order valence-corrected chi connectivity index (χ1v) is 40.4. The summed E-state index contributed by atoms with van der Waals surface area (Å²) in [4.78, 5) is 38.1. The van der Waals surface area contributed by atoms with Crippen molar-refractivity contribution < 1.29 is 42.1 Å². The maximum absolute atomic E-state index is 12.9. The van der Waals surface area contributed by atoms with Crippen LogP contribution in [0.4, 0.5) is 0 Å². The lowest BCUT2D eigenvalue weighted by molar-refractivity contribution is -0.870. The zero-order valence-corrected chi connectivity index (χ0v) is 61.9. The summed E-state index contributed by atoms with van der Waals surface area (Å²) < 4.78 is 34.3. The number of unbranched alkanes of at least 4 members (excludes halogenated alkanes) is 42. The summed E-state index contributed by atoms with van der Waals surface area (Å²) in [7, 11) is 1.15. The summed E-state index contributed by atoms with van der Waals surface area (Å²) >= 11 is 0. The molecule has 2 unspecified atom stereocenters. The minimum atomic E-state index is -4.65. The number of rotatable bonds is 72. The van der Waals surface area contributed by atoms with Crippen LogP contribution in [0, 0.1) is 0 Å². The SMILES string of the molecule is CC/C=C\C/C=C\C/C=C\C/C=C\C/C=C\C/C=C\C/C=C\CCCCCCCC(=O)OC(COC(=O)CCCCCCCCCCCCCCCCCCCCCCCCCCCCCCC/C=C\CCCCCCCCCC)COP(=O)([O-])OCC[N+](C)(C)C. The van der Waals surface area contributed by atoms with Gasteiger partial charge in [0.25, 0.3) is 7.82 Å². The van der Waals surface area contributed by atoms with Gasteiger partial charge in [0.2, 0.25) is 0 Å². The number of nitrogens with zero attached hydrogens (tertiary/aromatic N) is 1. The Hall–Kier alpha value is -3.07. The monoisotopic (exact) mass is 1310 g/mol. The number of hydrogen-bond donors (Lipinski definition) is 0. The number of phosphoric ester groups is 1. The third-order valence-electron chi connectivity index (χ3n) is 17.1. The van der Waals surface area contributed by atoms with Gasteiger partial charge < -0.3 is 27.9 Å². The standard InChI is InChI=1S/C82H148NO8P/c1-6-8-10-12-14-16-18-20-22-24-26-28-30-32-34-35-36-37-38-39-40-41-42-43-44-45-46-47-49-50-52-54-56-58-60-62-64-66-68-70-72-74-81(84)88-78-80(79-90-92(86,87)89-77-76-83(3,4)5)91-82(85)75-73-71-69-67-65-63-61-59-57-55-53-51-48-33-31-29-27-25-23-21-19-17-15-13-11-9-7-2/h9,11,15,17,21,23-24,26-27,29,33,48,53,55,59,61,80H,6-8,10,12-14,16,18-20,22,25,28,30-32,34-47,49-52,54,56-58,60,62-79H2,1-5H3/b11-9-,17-15-,23-21-,26-24-,29-27-,48-33-,55-53-,61-59-. The number of carbonyl (C=O) groups excluding carboxylic acids is 2. The van der Waals surface area contributed by atoms with E-state index in [4.69, 9.17) is 18.5 Å². The van der Waals surface area contributed by atoms with Crippen LogP contribution in [0.5, 0.6) is 0 Å². The molecule has 0 radical (unpaired) electrons. The van der Waals surface area contributed by atoms with Crippen molar-refractivity contribution >= 4 is 19.8 Å². The van der Waals surface area contributed by atoms with E-state index in [1.54, 1.807) is 0 Å². The smallest absolute Gasteiger partial charge is 0.306 e. The molecule has 92 heavy (non-hydrogen) atoms. The Morgan fingerprint density at radius 1 is 0.348 bits per heavy atom.